The summed E-state index contributed by atoms with van der Waals surface area (Å²) in [5, 5.41) is 3.38. The predicted octanol–water partition coefficient (Wildman–Crippen LogP) is 3.64. The van der Waals surface area contributed by atoms with Crippen molar-refractivity contribution in [1.82, 2.24) is 4.90 Å². The number of piperidine rings is 1. The first kappa shape index (κ1) is 18.0. The fourth-order valence-corrected chi connectivity index (χ4v) is 4.06. The summed E-state index contributed by atoms with van der Waals surface area (Å²) in [7, 11) is 0. The van der Waals surface area contributed by atoms with Crippen LogP contribution < -0.4 is 5.32 Å². The van der Waals surface area contributed by atoms with Crippen LogP contribution in [-0.2, 0) is 26.5 Å². The molecule has 2 aliphatic rings. The lowest BCUT2D eigenvalue weighted by atomic mass is 9.84. The van der Waals surface area contributed by atoms with Crippen molar-refractivity contribution < 1.29 is 14.3 Å². The quantitative estimate of drug-likeness (QED) is 0.764. The summed E-state index contributed by atoms with van der Waals surface area (Å²) >= 11 is 6.07. The Morgan fingerprint density at radius 1 is 1.11 bits per heavy atom. The van der Waals surface area contributed by atoms with Crippen LogP contribution in [0.4, 0.5) is 5.69 Å². The highest BCUT2D eigenvalue weighted by Gasteiger charge is 2.44. The van der Waals surface area contributed by atoms with Gasteiger partial charge in [0.2, 0.25) is 0 Å². The highest BCUT2D eigenvalue weighted by molar-refractivity contribution is 6.39. The molecule has 2 aromatic rings. The molecule has 2 aliphatic heterocycles. The van der Waals surface area contributed by atoms with Crippen molar-refractivity contribution in [3.63, 3.8) is 0 Å². The van der Waals surface area contributed by atoms with Crippen molar-refractivity contribution in [3.05, 3.63) is 64.2 Å². The summed E-state index contributed by atoms with van der Waals surface area (Å²) in [5.41, 5.74) is 3.61. The van der Waals surface area contributed by atoms with Crippen molar-refractivity contribution in [2.75, 3.05) is 18.4 Å². The lowest BCUT2D eigenvalue weighted by Crippen LogP contribution is -2.48. The van der Waals surface area contributed by atoms with Crippen molar-refractivity contribution in [2.24, 2.45) is 0 Å². The molecule has 5 nitrogen and oxygen atoms in total. The zero-order chi connectivity index (χ0) is 19.0. The smallest absolute Gasteiger partial charge is 0.313 e. The molecule has 4 rings (SSSR count). The molecule has 2 heterocycles. The number of benzene rings is 2. The van der Waals surface area contributed by atoms with E-state index in [4.69, 9.17) is 16.3 Å². The molecule has 140 valence electrons. The third kappa shape index (κ3) is 3.45. The minimum Gasteiger partial charge on any atom is -0.365 e. The normalized spacial score (nSPS) is 17.6. The van der Waals surface area contributed by atoms with Gasteiger partial charge in [-0.1, -0.05) is 35.4 Å². The Kier molecular flexibility index (Phi) is 4.66. The van der Waals surface area contributed by atoms with E-state index >= 15 is 0 Å². The van der Waals surface area contributed by atoms with Gasteiger partial charge in [0, 0.05) is 23.8 Å². The number of amides is 2. The Morgan fingerprint density at radius 2 is 1.81 bits per heavy atom. The van der Waals surface area contributed by atoms with Gasteiger partial charge >= 0.3 is 11.8 Å². The van der Waals surface area contributed by atoms with E-state index in [1.165, 1.54) is 0 Å². The number of halogens is 1. The second-order valence-corrected chi connectivity index (χ2v) is 7.63. The molecule has 0 aliphatic carbocycles. The van der Waals surface area contributed by atoms with Crippen molar-refractivity contribution in [1.29, 1.82) is 0 Å². The third-order valence-electron chi connectivity index (χ3n) is 5.42. The van der Waals surface area contributed by atoms with E-state index in [9.17, 15) is 9.59 Å². The van der Waals surface area contributed by atoms with Crippen LogP contribution >= 0.6 is 11.6 Å². The summed E-state index contributed by atoms with van der Waals surface area (Å²) in [6.45, 7) is 3.49. The average Bonchev–Trinajstić information content (AvgIpc) is 3.01. The largest absolute Gasteiger partial charge is 0.365 e. The van der Waals surface area contributed by atoms with E-state index < -0.39 is 11.8 Å². The number of nitrogens with zero attached hydrogens (tertiary/aromatic N) is 1. The number of nitrogens with one attached hydrogen (secondary N) is 1. The summed E-state index contributed by atoms with van der Waals surface area (Å²) in [6.07, 6.45) is 1.34. The molecule has 0 aromatic heterocycles. The van der Waals surface area contributed by atoms with Gasteiger partial charge in [-0.15, -0.1) is 0 Å². The maximum Gasteiger partial charge on any atom is 0.313 e. The molecule has 1 N–H and O–H groups in total. The van der Waals surface area contributed by atoms with Gasteiger partial charge in [-0.25, -0.2) is 0 Å². The van der Waals surface area contributed by atoms with Gasteiger partial charge in [-0.3, -0.25) is 9.59 Å². The molecule has 1 fully saturated rings. The molecule has 0 bridgehead atoms. The van der Waals surface area contributed by atoms with E-state index in [2.05, 4.69) is 5.32 Å². The van der Waals surface area contributed by atoms with Gasteiger partial charge in [0.15, 0.2) is 0 Å². The number of carbonyl (C=O) groups excluding carboxylic acids is 2. The van der Waals surface area contributed by atoms with Crippen molar-refractivity contribution in [3.8, 4) is 0 Å². The first-order chi connectivity index (χ1) is 13.0. The number of aryl methyl sites for hydroxylation is 1. The van der Waals surface area contributed by atoms with Crippen LogP contribution in [0.2, 0.25) is 5.02 Å². The molecule has 2 amide bonds. The number of anilines is 1. The van der Waals surface area contributed by atoms with Crippen LogP contribution in [0.5, 0.6) is 0 Å². The number of ether oxygens (including phenoxy) is 1. The maximum atomic E-state index is 12.5. The molecular weight excluding hydrogens is 364 g/mol. The number of fused-ring (bicyclic) bond motifs is 2. The van der Waals surface area contributed by atoms with Crippen molar-refractivity contribution >= 4 is 29.1 Å². The van der Waals surface area contributed by atoms with E-state index in [1.807, 2.05) is 37.3 Å². The first-order valence-electron chi connectivity index (χ1n) is 9.07. The molecule has 0 saturated carbocycles. The van der Waals surface area contributed by atoms with Crippen LogP contribution in [-0.4, -0.2) is 29.8 Å². The molecule has 0 radical (unpaired) electrons. The monoisotopic (exact) mass is 384 g/mol. The van der Waals surface area contributed by atoms with Gasteiger partial charge < -0.3 is 15.0 Å². The summed E-state index contributed by atoms with van der Waals surface area (Å²) in [4.78, 5) is 26.4. The summed E-state index contributed by atoms with van der Waals surface area (Å²) in [5.74, 6) is -1.10. The Labute approximate surface area is 163 Å². The predicted molar refractivity (Wildman–Crippen MR) is 104 cm³/mol. The van der Waals surface area contributed by atoms with Crippen LogP contribution in [0.3, 0.4) is 0 Å². The van der Waals surface area contributed by atoms with Crippen LogP contribution in [0, 0.1) is 6.92 Å². The average molecular weight is 385 g/mol. The van der Waals surface area contributed by atoms with Gasteiger partial charge in [-0.2, -0.15) is 0 Å². The standard InChI is InChI=1S/C21H21ClN2O3/c1-14-2-5-17(6-3-14)23-19(25)20(26)24-10-8-21(9-11-24)18-7-4-16(22)12-15(18)13-27-21/h2-7,12H,8-11,13H2,1H3,(H,23,25). The number of rotatable bonds is 1. The minimum atomic E-state index is -0.602. The van der Waals surface area contributed by atoms with Crippen LogP contribution in [0.25, 0.3) is 0 Å². The Bertz CT molecular complexity index is 887. The molecule has 27 heavy (non-hydrogen) atoms. The molecular formula is C21H21ClN2O3. The molecule has 1 saturated heterocycles. The number of hydrogen-bond acceptors (Lipinski definition) is 3. The SMILES string of the molecule is Cc1ccc(NC(=O)C(=O)N2CCC3(CC2)OCc2cc(Cl)ccc23)cc1. The van der Waals surface area contributed by atoms with Crippen molar-refractivity contribution in [2.45, 2.75) is 32.0 Å². The molecule has 6 heteroatoms. The van der Waals surface area contributed by atoms with E-state index in [0.29, 0.717) is 43.2 Å². The molecule has 0 atom stereocenters. The molecule has 0 unspecified atom stereocenters. The zero-order valence-corrected chi connectivity index (χ0v) is 15.9. The lowest BCUT2D eigenvalue weighted by molar-refractivity contribution is -0.147. The highest BCUT2D eigenvalue weighted by Crippen LogP contribution is 2.44. The summed E-state index contributed by atoms with van der Waals surface area (Å²) in [6, 6.07) is 13.2. The maximum absolute atomic E-state index is 12.5. The fourth-order valence-electron chi connectivity index (χ4n) is 3.87. The number of carbonyl (C=O) groups is 2. The van der Waals surface area contributed by atoms with E-state index in [1.54, 1.807) is 17.0 Å². The Hall–Kier alpha value is -2.37. The highest BCUT2D eigenvalue weighted by atomic mass is 35.5. The fraction of sp³-hybridized carbons (Fsp3) is 0.333. The topological polar surface area (TPSA) is 58.6 Å². The third-order valence-corrected chi connectivity index (χ3v) is 5.66. The number of hydrogen-bond donors (Lipinski definition) is 1. The van der Waals surface area contributed by atoms with Gasteiger partial charge in [0.1, 0.15) is 0 Å². The first-order valence-corrected chi connectivity index (χ1v) is 9.44. The van der Waals surface area contributed by atoms with Gasteiger partial charge in [0.25, 0.3) is 0 Å². The van der Waals surface area contributed by atoms with E-state index in [0.717, 1.165) is 16.7 Å². The lowest BCUT2D eigenvalue weighted by Gasteiger charge is -2.39. The Balaban J connectivity index is 1.40. The second-order valence-electron chi connectivity index (χ2n) is 7.20. The number of likely N-dealkylation sites (tertiary alicyclic amines) is 1. The minimum absolute atomic E-state index is 0.371. The Morgan fingerprint density at radius 3 is 2.52 bits per heavy atom. The molecule has 1 spiro atoms. The second kappa shape index (κ2) is 6.98. The van der Waals surface area contributed by atoms with Gasteiger partial charge in [-0.05, 0) is 55.2 Å². The zero-order valence-electron chi connectivity index (χ0n) is 15.1. The van der Waals surface area contributed by atoms with E-state index in [-0.39, 0.29) is 5.60 Å². The molecule has 2 aromatic carbocycles. The summed E-state index contributed by atoms with van der Waals surface area (Å²) < 4.78 is 6.11. The van der Waals surface area contributed by atoms with Crippen LogP contribution in [0.1, 0.15) is 29.5 Å². The van der Waals surface area contributed by atoms with Gasteiger partial charge in [0.05, 0.1) is 12.2 Å². The van der Waals surface area contributed by atoms with Crippen LogP contribution in [0.15, 0.2) is 42.5 Å².